The van der Waals surface area contributed by atoms with E-state index >= 15 is 0 Å². The van der Waals surface area contributed by atoms with Crippen molar-refractivity contribution in [3.8, 4) is 0 Å². The van der Waals surface area contributed by atoms with E-state index in [1.54, 1.807) is 29.2 Å². The molecule has 0 radical (unpaired) electrons. The second kappa shape index (κ2) is 9.19. The fourth-order valence-corrected chi connectivity index (χ4v) is 4.82. The molecular formula is C24H23F2N3O3S. The molecule has 6 nitrogen and oxygen atoms in total. The fraction of sp³-hybridized carbons (Fsp3) is 0.208. The van der Waals surface area contributed by atoms with Crippen molar-refractivity contribution in [3.05, 3.63) is 89.5 Å². The van der Waals surface area contributed by atoms with Crippen LogP contribution in [0.2, 0.25) is 0 Å². The van der Waals surface area contributed by atoms with E-state index in [2.05, 4.69) is 9.62 Å². The van der Waals surface area contributed by atoms with Crippen molar-refractivity contribution in [1.29, 1.82) is 0 Å². The predicted octanol–water partition coefficient (Wildman–Crippen LogP) is 4.04. The number of nitrogens with zero attached hydrogens (tertiary/aromatic N) is 2. The number of carbonyl (C=O) groups excluding carboxylic acids is 1. The van der Waals surface area contributed by atoms with Gasteiger partial charge in [0.1, 0.15) is 11.6 Å². The normalized spacial score (nSPS) is 14.3. The van der Waals surface area contributed by atoms with Crippen LogP contribution in [-0.2, 0) is 10.0 Å². The number of benzene rings is 3. The van der Waals surface area contributed by atoms with Crippen LogP contribution >= 0.6 is 0 Å². The zero-order valence-electron chi connectivity index (χ0n) is 18.0. The lowest BCUT2D eigenvalue weighted by Gasteiger charge is -2.36. The molecule has 1 N–H and O–H groups in total. The third-order valence-corrected chi connectivity index (χ3v) is 6.96. The van der Waals surface area contributed by atoms with Gasteiger partial charge in [0.2, 0.25) is 0 Å². The van der Waals surface area contributed by atoms with Crippen molar-refractivity contribution in [2.45, 2.75) is 11.8 Å². The van der Waals surface area contributed by atoms with Gasteiger partial charge in [0.15, 0.2) is 0 Å². The first-order valence-corrected chi connectivity index (χ1v) is 11.9. The Labute approximate surface area is 191 Å². The highest BCUT2D eigenvalue weighted by atomic mass is 32.2. The van der Waals surface area contributed by atoms with E-state index in [1.807, 2.05) is 0 Å². The maximum Gasteiger partial charge on any atom is 0.261 e. The molecule has 0 aliphatic carbocycles. The molecule has 1 aliphatic rings. The highest BCUT2D eigenvalue weighted by Crippen LogP contribution is 2.21. The Morgan fingerprint density at radius 1 is 0.879 bits per heavy atom. The highest BCUT2D eigenvalue weighted by molar-refractivity contribution is 7.92. The summed E-state index contributed by atoms with van der Waals surface area (Å²) in [5.74, 6) is -0.904. The number of aryl methyl sites for hydroxylation is 1. The molecule has 1 saturated heterocycles. The van der Waals surface area contributed by atoms with Crippen molar-refractivity contribution in [2.75, 3.05) is 35.8 Å². The Bertz CT molecular complexity index is 1260. The number of anilines is 2. The molecular weight excluding hydrogens is 448 g/mol. The fourth-order valence-electron chi connectivity index (χ4n) is 3.68. The lowest BCUT2D eigenvalue weighted by molar-refractivity contribution is 0.0747. The van der Waals surface area contributed by atoms with Crippen molar-refractivity contribution in [1.82, 2.24) is 4.90 Å². The SMILES string of the molecule is Cc1cc(S(=O)(=O)Nc2ccc(C(=O)N3CCN(c4ccc(F)cc4)CC3)cc2)ccc1F. The van der Waals surface area contributed by atoms with E-state index in [1.165, 1.54) is 43.3 Å². The molecule has 33 heavy (non-hydrogen) atoms. The predicted molar refractivity (Wildman–Crippen MR) is 123 cm³/mol. The minimum absolute atomic E-state index is 0.0411. The topological polar surface area (TPSA) is 69.7 Å². The molecule has 0 unspecified atom stereocenters. The van der Waals surface area contributed by atoms with Gasteiger partial charge in [-0.25, -0.2) is 17.2 Å². The van der Waals surface area contributed by atoms with Crippen LogP contribution in [0.15, 0.2) is 71.6 Å². The maximum absolute atomic E-state index is 13.4. The summed E-state index contributed by atoms with van der Waals surface area (Å²) >= 11 is 0. The third kappa shape index (κ3) is 5.14. The smallest absolute Gasteiger partial charge is 0.261 e. The number of rotatable bonds is 5. The van der Waals surface area contributed by atoms with E-state index in [4.69, 9.17) is 0 Å². The van der Waals surface area contributed by atoms with Crippen LogP contribution in [0.25, 0.3) is 0 Å². The number of halogens is 2. The lowest BCUT2D eigenvalue weighted by Crippen LogP contribution is -2.48. The minimum atomic E-state index is -3.88. The highest BCUT2D eigenvalue weighted by Gasteiger charge is 2.23. The molecule has 1 fully saturated rings. The lowest BCUT2D eigenvalue weighted by atomic mass is 10.1. The quantitative estimate of drug-likeness (QED) is 0.610. The van der Waals surface area contributed by atoms with Gasteiger partial charge in [-0.05, 0) is 79.2 Å². The van der Waals surface area contributed by atoms with Crippen molar-refractivity contribution >= 4 is 27.3 Å². The van der Waals surface area contributed by atoms with Crippen LogP contribution in [0.4, 0.5) is 20.2 Å². The summed E-state index contributed by atoms with van der Waals surface area (Å²) in [6.07, 6.45) is 0. The van der Waals surface area contributed by atoms with Crippen LogP contribution < -0.4 is 9.62 Å². The van der Waals surface area contributed by atoms with Gasteiger partial charge in [0.05, 0.1) is 4.90 Å². The van der Waals surface area contributed by atoms with E-state index < -0.39 is 15.8 Å². The molecule has 1 amide bonds. The van der Waals surface area contributed by atoms with Crippen LogP contribution in [0, 0.1) is 18.6 Å². The molecule has 0 atom stereocenters. The summed E-state index contributed by atoms with van der Waals surface area (Å²) in [5, 5.41) is 0. The van der Waals surface area contributed by atoms with Crippen LogP contribution in [0.1, 0.15) is 15.9 Å². The maximum atomic E-state index is 13.4. The van der Waals surface area contributed by atoms with Gasteiger partial charge in [-0.1, -0.05) is 0 Å². The second-order valence-electron chi connectivity index (χ2n) is 7.85. The Balaban J connectivity index is 1.38. The van der Waals surface area contributed by atoms with Crippen LogP contribution in [0.3, 0.4) is 0 Å². The summed E-state index contributed by atoms with van der Waals surface area (Å²) in [5.41, 5.74) is 1.90. The molecule has 172 valence electrons. The van der Waals surface area contributed by atoms with Crippen LogP contribution in [0.5, 0.6) is 0 Å². The van der Waals surface area contributed by atoms with Gasteiger partial charge < -0.3 is 9.80 Å². The summed E-state index contributed by atoms with van der Waals surface area (Å²) in [4.78, 5) is 16.6. The summed E-state index contributed by atoms with van der Waals surface area (Å²) in [7, 11) is -3.88. The summed E-state index contributed by atoms with van der Waals surface area (Å²) in [6, 6.07) is 16.0. The van der Waals surface area contributed by atoms with Gasteiger partial charge in [-0.3, -0.25) is 9.52 Å². The molecule has 0 saturated carbocycles. The molecule has 1 aliphatic heterocycles. The Morgan fingerprint density at radius 2 is 1.52 bits per heavy atom. The van der Waals surface area contributed by atoms with Gasteiger partial charge >= 0.3 is 0 Å². The van der Waals surface area contributed by atoms with Gasteiger partial charge in [-0.2, -0.15) is 0 Å². The van der Waals surface area contributed by atoms with Crippen LogP contribution in [-0.4, -0.2) is 45.4 Å². The average Bonchev–Trinajstić information content (AvgIpc) is 2.81. The Kier molecular flexibility index (Phi) is 6.33. The first-order chi connectivity index (χ1) is 15.7. The Hall–Kier alpha value is -3.46. The zero-order valence-corrected chi connectivity index (χ0v) is 18.8. The number of piperazine rings is 1. The molecule has 3 aromatic rings. The third-order valence-electron chi connectivity index (χ3n) is 5.58. The monoisotopic (exact) mass is 471 g/mol. The van der Waals surface area contributed by atoms with Gasteiger partial charge in [0, 0.05) is 43.1 Å². The zero-order chi connectivity index (χ0) is 23.6. The average molecular weight is 472 g/mol. The van der Waals surface area contributed by atoms with E-state index in [0.29, 0.717) is 37.4 Å². The number of hydrogen-bond donors (Lipinski definition) is 1. The number of carbonyl (C=O) groups is 1. The largest absolute Gasteiger partial charge is 0.368 e. The molecule has 1 heterocycles. The number of sulfonamides is 1. The number of amides is 1. The number of nitrogens with one attached hydrogen (secondary N) is 1. The van der Waals surface area contributed by atoms with Gasteiger partial charge in [0.25, 0.3) is 15.9 Å². The minimum Gasteiger partial charge on any atom is -0.368 e. The standard InChI is InChI=1S/C24H23F2N3O3S/c1-17-16-22(10-11-23(17)26)33(31,32)27-20-6-2-18(3-7-20)24(30)29-14-12-28(13-15-29)21-8-4-19(25)5-9-21/h2-11,16,27H,12-15H2,1H3. The van der Waals surface area contributed by atoms with Crippen molar-refractivity contribution in [2.24, 2.45) is 0 Å². The van der Waals surface area contributed by atoms with E-state index in [-0.39, 0.29) is 22.2 Å². The molecule has 9 heteroatoms. The molecule has 3 aromatic carbocycles. The van der Waals surface area contributed by atoms with Gasteiger partial charge in [-0.15, -0.1) is 0 Å². The first-order valence-electron chi connectivity index (χ1n) is 10.4. The van der Waals surface area contributed by atoms with E-state index in [0.717, 1.165) is 11.8 Å². The molecule has 4 rings (SSSR count). The molecule has 0 spiro atoms. The molecule has 0 aromatic heterocycles. The first kappa shape index (κ1) is 22.7. The summed E-state index contributed by atoms with van der Waals surface area (Å²) in [6.45, 7) is 3.80. The van der Waals surface area contributed by atoms with Crippen molar-refractivity contribution in [3.63, 3.8) is 0 Å². The second-order valence-corrected chi connectivity index (χ2v) is 9.53. The summed E-state index contributed by atoms with van der Waals surface area (Å²) < 4.78 is 54.1. The molecule has 0 bridgehead atoms. The Morgan fingerprint density at radius 3 is 2.12 bits per heavy atom. The van der Waals surface area contributed by atoms with E-state index in [9.17, 15) is 22.0 Å². The van der Waals surface area contributed by atoms with Crippen molar-refractivity contribution < 1.29 is 22.0 Å². The number of hydrogen-bond acceptors (Lipinski definition) is 4.